The molecular weight excluding hydrogens is 340 g/mol. The minimum Gasteiger partial charge on any atom is -0.494 e. The number of ether oxygens (including phenoxy) is 1. The van der Waals surface area contributed by atoms with Gasteiger partial charge >= 0.3 is 0 Å². The fraction of sp³-hybridized carbons (Fsp3) is 0.476. The van der Waals surface area contributed by atoms with Crippen LogP contribution in [0.4, 0.5) is 5.95 Å². The van der Waals surface area contributed by atoms with Crippen LogP contribution >= 0.6 is 0 Å². The maximum Gasteiger partial charge on any atom is 0.228 e. The largest absolute Gasteiger partial charge is 0.494 e. The first kappa shape index (κ1) is 19.1. The Morgan fingerprint density at radius 2 is 1.74 bits per heavy atom. The molecule has 6 heteroatoms. The summed E-state index contributed by atoms with van der Waals surface area (Å²) in [4.78, 5) is 25.7. The van der Waals surface area contributed by atoms with E-state index in [-0.39, 0.29) is 11.3 Å². The van der Waals surface area contributed by atoms with E-state index >= 15 is 0 Å². The minimum absolute atomic E-state index is 0.200. The number of benzene rings is 1. The highest BCUT2D eigenvalue weighted by Gasteiger charge is 2.30. The second-order valence-electron chi connectivity index (χ2n) is 7.73. The summed E-state index contributed by atoms with van der Waals surface area (Å²) in [6.07, 6.45) is 1.79. The molecule has 0 radical (unpaired) electrons. The predicted octanol–water partition coefficient (Wildman–Crippen LogP) is 3.24. The van der Waals surface area contributed by atoms with Crippen LogP contribution in [0.25, 0.3) is 11.3 Å². The second-order valence-corrected chi connectivity index (χ2v) is 7.73. The summed E-state index contributed by atoms with van der Waals surface area (Å²) in [6, 6.07) is 9.85. The molecule has 1 amide bonds. The number of carbonyl (C=O) groups excluding carboxylic acids is 1. The van der Waals surface area contributed by atoms with E-state index in [1.807, 2.05) is 62.9 Å². The van der Waals surface area contributed by atoms with Crippen molar-refractivity contribution < 1.29 is 9.53 Å². The zero-order valence-electron chi connectivity index (χ0n) is 16.6. The van der Waals surface area contributed by atoms with Crippen LogP contribution < -0.4 is 9.64 Å². The molecule has 1 aromatic heterocycles. The van der Waals surface area contributed by atoms with E-state index in [9.17, 15) is 4.79 Å². The SMILES string of the molecule is CCOc1ccc(-c2ccnc(N3CCN(C(=O)C(C)(C)C)CC3)n2)cc1. The van der Waals surface area contributed by atoms with E-state index in [0.717, 1.165) is 30.1 Å². The highest BCUT2D eigenvalue weighted by molar-refractivity contribution is 5.81. The quantitative estimate of drug-likeness (QED) is 0.829. The molecule has 0 unspecified atom stereocenters. The average molecular weight is 368 g/mol. The summed E-state index contributed by atoms with van der Waals surface area (Å²) in [5.74, 6) is 1.77. The summed E-state index contributed by atoms with van der Waals surface area (Å²) in [5, 5.41) is 0. The molecule has 144 valence electrons. The maximum atomic E-state index is 12.4. The van der Waals surface area contributed by atoms with Gasteiger partial charge in [0, 0.05) is 43.4 Å². The topological polar surface area (TPSA) is 58.6 Å². The lowest BCUT2D eigenvalue weighted by molar-refractivity contribution is -0.139. The zero-order chi connectivity index (χ0) is 19.4. The Balaban J connectivity index is 1.69. The number of carbonyl (C=O) groups is 1. The van der Waals surface area contributed by atoms with Gasteiger partial charge in [-0.15, -0.1) is 0 Å². The number of rotatable bonds is 4. The van der Waals surface area contributed by atoms with Gasteiger partial charge in [-0.2, -0.15) is 0 Å². The molecule has 0 bridgehead atoms. The zero-order valence-corrected chi connectivity index (χ0v) is 16.6. The number of aromatic nitrogens is 2. The van der Waals surface area contributed by atoms with E-state index < -0.39 is 0 Å². The standard InChI is InChI=1S/C21H28N4O2/c1-5-27-17-8-6-16(7-9-17)18-10-11-22-20(23-18)25-14-12-24(13-15-25)19(26)21(2,3)4/h6-11H,5,12-15H2,1-4H3. The molecule has 1 saturated heterocycles. The van der Waals surface area contributed by atoms with Gasteiger partial charge in [-0.1, -0.05) is 20.8 Å². The lowest BCUT2D eigenvalue weighted by Gasteiger charge is -2.37. The molecule has 1 aliphatic rings. The molecule has 0 saturated carbocycles. The van der Waals surface area contributed by atoms with Gasteiger partial charge in [0.05, 0.1) is 12.3 Å². The summed E-state index contributed by atoms with van der Waals surface area (Å²) in [6.45, 7) is 11.4. The second kappa shape index (κ2) is 7.94. The van der Waals surface area contributed by atoms with Crippen LogP contribution in [0, 0.1) is 5.41 Å². The van der Waals surface area contributed by atoms with Crippen molar-refractivity contribution in [2.24, 2.45) is 5.41 Å². The molecule has 0 aliphatic carbocycles. The molecule has 1 aromatic carbocycles. The lowest BCUT2D eigenvalue weighted by atomic mass is 9.94. The van der Waals surface area contributed by atoms with Crippen LogP contribution in [0.3, 0.4) is 0 Å². The van der Waals surface area contributed by atoms with Crippen molar-refractivity contribution in [3.63, 3.8) is 0 Å². The van der Waals surface area contributed by atoms with E-state index in [1.54, 1.807) is 6.20 Å². The Hall–Kier alpha value is -2.63. The Labute approximate surface area is 161 Å². The first-order valence-electron chi connectivity index (χ1n) is 9.49. The molecule has 3 rings (SSSR count). The first-order chi connectivity index (χ1) is 12.9. The number of hydrogen-bond acceptors (Lipinski definition) is 5. The van der Waals surface area contributed by atoms with Gasteiger partial charge in [-0.25, -0.2) is 9.97 Å². The van der Waals surface area contributed by atoms with Crippen LogP contribution in [-0.2, 0) is 4.79 Å². The van der Waals surface area contributed by atoms with E-state index in [2.05, 4.69) is 9.88 Å². The molecule has 2 heterocycles. The number of piperazine rings is 1. The van der Waals surface area contributed by atoms with Crippen LogP contribution in [0.15, 0.2) is 36.5 Å². The maximum absolute atomic E-state index is 12.4. The van der Waals surface area contributed by atoms with E-state index in [0.29, 0.717) is 25.6 Å². The molecular formula is C21H28N4O2. The third-order valence-corrected chi connectivity index (χ3v) is 4.60. The average Bonchev–Trinajstić information content (AvgIpc) is 2.68. The van der Waals surface area contributed by atoms with Crippen LogP contribution in [0.2, 0.25) is 0 Å². The Morgan fingerprint density at radius 3 is 2.33 bits per heavy atom. The Morgan fingerprint density at radius 1 is 1.07 bits per heavy atom. The Bertz CT molecular complexity index is 776. The van der Waals surface area contributed by atoms with Crippen molar-refractivity contribution in [1.29, 1.82) is 0 Å². The molecule has 1 fully saturated rings. The summed E-state index contributed by atoms with van der Waals surface area (Å²) < 4.78 is 5.50. The van der Waals surface area contributed by atoms with Crippen molar-refractivity contribution in [1.82, 2.24) is 14.9 Å². The van der Waals surface area contributed by atoms with Gasteiger partial charge in [-0.3, -0.25) is 4.79 Å². The highest BCUT2D eigenvalue weighted by atomic mass is 16.5. The predicted molar refractivity (Wildman–Crippen MR) is 107 cm³/mol. The lowest BCUT2D eigenvalue weighted by Crippen LogP contribution is -2.52. The van der Waals surface area contributed by atoms with Gasteiger partial charge in [0.25, 0.3) is 0 Å². The fourth-order valence-electron chi connectivity index (χ4n) is 3.13. The van der Waals surface area contributed by atoms with Crippen molar-refractivity contribution in [2.45, 2.75) is 27.7 Å². The molecule has 0 N–H and O–H groups in total. The molecule has 1 aliphatic heterocycles. The highest BCUT2D eigenvalue weighted by Crippen LogP contribution is 2.23. The van der Waals surface area contributed by atoms with E-state index in [4.69, 9.17) is 9.72 Å². The molecule has 0 spiro atoms. The molecule has 27 heavy (non-hydrogen) atoms. The van der Waals surface area contributed by atoms with Gasteiger partial charge < -0.3 is 14.5 Å². The van der Waals surface area contributed by atoms with Gasteiger partial charge in [0.15, 0.2) is 0 Å². The summed E-state index contributed by atoms with van der Waals surface area (Å²) in [7, 11) is 0. The molecule has 6 nitrogen and oxygen atoms in total. The summed E-state index contributed by atoms with van der Waals surface area (Å²) >= 11 is 0. The normalized spacial score (nSPS) is 15.0. The summed E-state index contributed by atoms with van der Waals surface area (Å²) in [5.41, 5.74) is 1.58. The first-order valence-corrected chi connectivity index (χ1v) is 9.49. The smallest absolute Gasteiger partial charge is 0.228 e. The van der Waals surface area contributed by atoms with Crippen LogP contribution in [0.1, 0.15) is 27.7 Å². The van der Waals surface area contributed by atoms with Gasteiger partial charge in [0.2, 0.25) is 11.9 Å². The molecule has 0 atom stereocenters. The third-order valence-electron chi connectivity index (χ3n) is 4.60. The van der Waals surface area contributed by atoms with Crippen molar-refractivity contribution >= 4 is 11.9 Å². The fourth-order valence-corrected chi connectivity index (χ4v) is 3.13. The van der Waals surface area contributed by atoms with Crippen molar-refractivity contribution in [3.8, 4) is 17.0 Å². The number of nitrogens with zero attached hydrogens (tertiary/aromatic N) is 4. The van der Waals surface area contributed by atoms with Crippen molar-refractivity contribution in [3.05, 3.63) is 36.5 Å². The number of amides is 1. The third kappa shape index (κ3) is 4.56. The van der Waals surface area contributed by atoms with Gasteiger partial charge in [0.1, 0.15) is 5.75 Å². The molecule has 2 aromatic rings. The van der Waals surface area contributed by atoms with Crippen molar-refractivity contribution in [2.75, 3.05) is 37.7 Å². The number of hydrogen-bond donors (Lipinski definition) is 0. The van der Waals surface area contributed by atoms with Crippen LogP contribution in [-0.4, -0.2) is 53.6 Å². The van der Waals surface area contributed by atoms with Gasteiger partial charge in [-0.05, 0) is 37.3 Å². The van der Waals surface area contributed by atoms with E-state index in [1.165, 1.54) is 0 Å². The number of anilines is 1. The monoisotopic (exact) mass is 368 g/mol. The van der Waals surface area contributed by atoms with Crippen LogP contribution in [0.5, 0.6) is 5.75 Å². The Kier molecular flexibility index (Phi) is 5.63. The minimum atomic E-state index is -0.341.